The molecule has 0 radical (unpaired) electrons. The van der Waals surface area contributed by atoms with Crippen LogP contribution in [0.2, 0.25) is 0 Å². The Hall–Kier alpha value is -2.90. The number of piperidine rings is 4. The zero-order valence-electron chi connectivity index (χ0n) is 62.7. The number of amides is 4. The molecule has 4 fully saturated rings. The van der Waals surface area contributed by atoms with Crippen LogP contribution in [-0.4, -0.2) is 95.6 Å². The summed E-state index contributed by atoms with van der Waals surface area (Å²) in [4.78, 5) is 60.0. The molecule has 4 saturated heterocycles. The number of unbranched alkanes of at least 4 members (excludes halogenated alkanes) is 29. The van der Waals surface area contributed by atoms with Crippen LogP contribution in [0.25, 0.3) is 0 Å². The third-order valence-electron chi connectivity index (χ3n) is 21.0. The molecule has 4 heterocycles. The van der Waals surface area contributed by atoms with Gasteiger partial charge < -0.3 is 19.6 Å². The van der Waals surface area contributed by atoms with Crippen LogP contribution in [0.5, 0.6) is 0 Å². The second-order valence-corrected chi connectivity index (χ2v) is 29.4. The summed E-state index contributed by atoms with van der Waals surface area (Å²) in [5.41, 5.74) is 1.20. The Morgan fingerprint density at radius 1 is 0.250 bits per heavy atom. The van der Waals surface area contributed by atoms with Gasteiger partial charge >= 0.3 is 0 Å². The van der Waals surface area contributed by atoms with Crippen molar-refractivity contribution in [1.82, 2.24) is 19.6 Å². The van der Waals surface area contributed by atoms with Crippen molar-refractivity contribution in [2.45, 2.75) is 408 Å². The highest BCUT2D eigenvalue weighted by Gasteiger charge is 2.29. The average molecular weight is 1290 g/mol. The van der Waals surface area contributed by atoms with Gasteiger partial charge in [-0.2, -0.15) is 0 Å². The fraction of sp³-hybridized carbons (Fsp3) is 0.881. The molecule has 0 aromatic heterocycles. The zero-order chi connectivity index (χ0) is 66.6. The van der Waals surface area contributed by atoms with Gasteiger partial charge in [0.15, 0.2) is 0 Å². The fourth-order valence-corrected chi connectivity index (χ4v) is 14.8. The van der Waals surface area contributed by atoms with Gasteiger partial charge in [-0.15, -0.1) is 0 Å². The van der Waals surface area contributed by atoms with Crippen molar-refractivity contribution in [3.05, 3.63) is 35.9 Å². The second-order valence-electron chi connectivity index (χ2n) is 29.4. The first-order chi connectivity index (χ1) is 45.2. The highest BCUT2D eigenvalue weighted by atomic mass is 16.2. The lowest BCUT2D eigenvalue weighted by Crippen LogP contribution is -2.39. The summed E-state index contributed by atoms with van der Waals surface area (Å²) < 4.78 is 0. The highest BCUT2D eigenvalue weighted by molar-refractivity contribution is 5.84. The van der Waals surface area contributed by atoms with E-state index in [1.165, 1.54) is 307 Å². The Bertz CT molecular complexity index is 1790. The van der Waals surface area contributed by atoms with Crippen LogP contribution in [0.1, 0.15) is 413 Å². The van der Waals surface area contributed by atoms with Crippen LogP contribution in [0.3, 0.4) is 0 Å². The van der Waals surface area contributed by atoms with E-state index in [2.05, 4.69) is 92.3 Å². The first-order valence-corrected chi connectivity index (χ1v) is 41.4. The van der Waals surface area contributed by atoms with Crippen LogP contribution >= 0.6 is 0 Å². The quantitative estimate of drug-likeness (QED) is 0.0609. The van der Waals surface area contributed by atoms with Crippen molar-refractivity contribution in [2.75, 3.05) is 52.4 Å². The standard InChI is InChI=1S/C25H49NO.C21H41NO.C19H29NO.C19H37NO/c1-3-5-7-9-11-12-14-17-21-24(20-16-13-10-8-6-4-2)25(27)26-22-18-15-19-23-26;1-3-5-7-8-9-10-11-13-17-20(16-6-4-2)21(23)22-18-14-12-15-19-22;1-2-3-4-9-14-18(17-12-7-5-8-13-17)19(21)20-15-10-6-11-16-20;1-3-5-7-10-14-18(15-11-8-6-4-2)19(21)20-16-12-9-13-17-20/h24H,3-23H2,1-2H3;20H,3-19H2,1-2H3;5,7-8,12-13,18H,2-4,6,9-11,14-16H2,1H3;18H,3-17H2,1-2H3. The Labute approximate surface area is 573 Å². The van der Waals surface area contributed by atoms with Gasteiger partial charge in [-0.3, -0.25) is 19.2 Å². The number of hydrogen-bond donors (Lipinski definition) is 0. The first kappa shape index (κ1) is 85.2. The lowest BCUT2D eigenvalue weighted by Gasteiger charge is -2.30. The summed E-state index contributed by atoms with van der Waals surface area (Å²) in [5, 5.41) is 0. The number of hydrogen-bond acceptors (Lipinski definition) is 4. The van der Waals surface area contributed by atoms with Crippen LogP contribution in [0.4, 0.5) is 0 Å². The number of benzene rings is 1. The summed E-state index contributed by atoms with van der Waals surface area (Å²) in [6, 6.07) is 10.4. The van der Waals surface area contributed by atoms with Gasteiger partial charge in [-0.1, -0.05) is 310 Å². The van der Waals surface area contributed by atoms with Gasteiger partial charge in [-0.25, -0.2) is 0 Å². The summed E-state index contributed by atoms with van der Waals surface area (Å²) in [5.74, 6) is 2.81. The molecule has 4 aliphatic rings. The van der Waals surface area contributed by atoms with Gasteiger partial charge in [0.1, 0.15) is 0 Å². The molecule has 1 aromatic carbocycles. The van der Waals surface area contributed by atoms with E-state index in [4.69, 9.17) is 0 Å². The zero-order valence-corrected chi connectivity index (χ0v) is 62.7. The predicted molar refractivity (Wildman–Crippen MR) is 400 cm³/mol. The van der Waals surface area contributed by atoms with E-state index >= 15 is 0 Å². The minimum atomic E-state index is 0.0705. The van der Waals surface area contributed by atoms with Crippen LogP contribution in [-0.2, 0) is 19.2 Å². The molecule has 3 atom stereocenters. The van der Waals surface area contributed by atoms with Gasteiger partial charge in [0.2, 0.25) is 23.6 Å². The average Bonchev–Trinajstić information content (AvgIpc) is 2.59. The molecule has 92 heavy (non-hydrogen) atoms. The van der Waals surface area contributed by atoms with Crippen LogP contribution in [0, 0.1) is 17.8 Å². The third kappa shape index (κ3) is 42.6. The fourth-order valence-electron chi connectivity index (χ4n) is 14.8. The summed E-state index contributed by atoms with van der Waals surface area (Å²) in [6.45, 7) is 23.8. The van der Waals surface area contributed by atoms with Gasteiger partial charge in [0.25, 0.3) is 0 Å². The molecular formula is C84H156N4O4. The molecule has 536 valence electrons. The summed E-state index contributed by atoms with van der Waals surface area (Å²) >= 11 is 0. The summed E-state index contributed by atoms with van der Waals surface area (Å²) in [7, 11) is 0. The maximum absolute atomic E-state index is 13.0. The molecular weight excluding hydrogens is 1130 g/mol. The molecule has 0 aliphatic carbocycles. The SMILES string of the molecule is CCCCCCC(C(=O)N1CCCCC1)c1ccccc1.CCCCCCC(CCCCCC)C(=O)N1CCCCC1.CCCCCCCCCCC(CCCC)C(=O)N1CCCCC1.CCCCCCCCCCC(CCCCCCCC)C(=O)N1CCCCC1. The van der Waals surface area contributed by atoms with E-state index < -0.39 is 0 Å². The van der Waals surface area contributed by atoms with E-state index in [9.17, 15) is 19.2 Å². The second kappa shape index (κ2) is 61.7. The van der Waals surface area contributed by atoms with Crippen molar-refractivity contribution >= 4 is 23.6 Å². The Balaban J connectivity index is 0.000000420. The van der Waals surface area contributed by atoms with Gasteiger partial charge in [-0.05, 0) is 128 Å². The van der Waals surface area contributed by atoms with E-state index in [1.807, 2.05) is 6.07 Å². The third-order valence-corrected chi connectivity index (χ3v) is 21.0. The Kier molecular flexibility index (Phi) is 57.1. The molecule has 0 N–H and O–H groups in total. The van der Waals surface area contributed by atoms with Crippen LogP contribution in [0.15, 0.2) is 30.3 Å². The molecule has 0 bridgehead atoms. The van der Waals surface area contributed by atoms with Crippen molar-refractivity contribution in [1.29, 1.82) is 0 Å². The number of nitrogens with zero attached hydrogens (tertiary/aromatic N) is 4. The van der Waals surface area contributed by atoms with E-state index in [-0.39, 0.29) is 5.92 Å². The molecule has 4 amide bonds. The van der Waals surface area contributed by atoms with Crippen molar-refractivity contribution in [2.24, 2.45) is 17.8 Å². The van der Waals surface area contributed by atoms with E-state index in [1.54, 1.807) is 0 Å². The molecule has 1 aromatic rings. The lowest BCUT2D eigenvalue weighted by atomic mass is 9.91. The highest BCUT2D eigenvalue weighted by Crippen LogP contribution is 2.29. The molecule has 8 heteroatoms. The molecule has 4 aliphatic heterocycles. The molecule has 8 nitrogen and oxygen atoms in total. The smallest absolute Gasteiger partial charge is 0.230 e. The van der Waals surface area contributed by atoms with Crippen molar-refractivity contribution in [3.63, 3.8) is 0 Å². The number of rotatable bonds is 48. The monoisotopic (exact) mass is 1290 g/mol. The largest absolute Gasteiger partial charge is 0.342 e. The normalized spacial score (nSPS) is 16.2. The molecule has 5 rings (SSSR count). The van der Waals surface area contributed by atoms with E-state index in [0.29, 0.717) is 41.4 Å². The molecule has 0 saturated carbocycles. The number of carbonyl (C=O) groups excluding carboxylic acids is 4. The maximum atomic E-state index is 13.0. The minimum absolute atomic E-state index is 0.0705. The van der Waals surface area contributed by atoms with Gasteiger partial charge in [0.05, 0.1) is 5.92 Å². The topological polar surface area (TPSA) is 81.2 Å². The molecule has 0 spiro atoms. The predicted octanol–water partition coefficient (Wildman–Crippen LogP) is 24.5. The van der Waals surface area contributed by atoms with Gasteiger partial charge in [0, 0.05) is 70.1 Å². The minimum Gasteiger partial charge on any atom is -0.342 e. The Morgan fingerprint density at radius 3 is 0.717 bits per heavy atom. The van der Waals surface area contributed by atoms with Crippen molar-refractivity contribution < 1.29 is 19.2 Å². The van der Waals surface area contributed by atoms with E-state index in [0.717, 1.165) is 104 Å². The number of likely N-dealkylation sites (tertiary alicyclic amines) is 4. The maximum Gasteiger partial charge on any atom is 0.230 e. The van der Waals surface area contributed by atoms with Crippen molar-refractivity contribution in [3.8, 4) is 0 Å². The Morgan fingerprint density at radius 2 is 0.457 bits per heavy atom. The lowest BCUT2D eigenvalue weighted by molar-refractivity contribution is -0.137. The van der Waals surface area contributed by atoms with Crippen LogP contribution < -0.4 is 0 Å². The number of carbonyl (C=O) groups is 4. The first-order valence-electron chi connectivity index (χ1n) is 41.4. The summed E-state index contributed by atoms with van der Waals surface area (Å²) in [6.07, 6.45) is 69.9. The molecule has 3 unspecified atom stereocenters.